The molecule has 2 aliphatic rings. The van der Waals surface area contributed by atoms with Gasteiger partial charge in [0, 0.05) is 22.7 Å². The Hall–Kier alpha value is -2.86. The molecule has 2 aromatic rings. The first-order valence-electron chi connectivity index (χ1n) is 10.8. The molecule has 7 heteroatoms. The minimum atomic E-state index is -0.631. The molecule has 0 unspecified atom stereocenters. The third-order valence-corrected chi connectivity index (χ3v) is 6.47. The van der Waals surface area contributed by atoms with Crippen molar-refractivity contribution >= 4 is 29.3 Å². The number of nitrogens with one attached hydrogen (secondary N) is 2. The number of amides is 3. The van der Waals surface area contributed by atoms with Crippen molar-refractivity contribution in [2.75, 3.05) is 0 Å². The summed E-state index contributed by atoms with van der Waals surface area (Å²) in [6.45, 7) is 0.408. The molecule has 1 fully saturated rings. The third-order valence-electron chi connectivity index (χ3n) is 6.22. The molecule has 31 heavy (non-hydrogen) atoms. The van der Waals surface area contributed by atoms with Gasteiger partial charge in [-0.05, 0) is 48.2 Å². The predicted molar refractivity (Wildman–Crippen MR) is 118 cm³/mol. The summed E-state index contributed by atoms with van der Waals surface area (Å²) in [5.41, 5.74) is 6.98. The van der Waals surface area contributed by atoms with E-state index in [4.69, 9.17) is 11.6 Å². The molecular weight excluding hydrogens is 414 g/mol. The van der Waals surface area contributed by atoms with Gasteiger partial charge in [0.25, 0.3) is 17.7 Å². The van der Waals surface area contributed by atoms with E-state index >= 15 is 0 Å². The Labute approximate surface area is 186 Å². The van der Waals surface area contributed by atoms with Crippen molar-refractivity contribution in [1.82, 2.24) is 15.8 Å². The minimum absolute atomic E-state index is 0.129. The maximum absolute atomic E-state index is 13.1. The number of halogens is 1. The van der Waals surface area contributed by atoms with Gasteiger partial charge in [0.2, 0.25) is 0 Å². The summed E-state index contributed by atoms with van der Waals surface area (Å²) in [6.07, 6.45) is 6.26. The second-order valence-corrected chi connectivity index (χ2v) is 8.73. The average molecular weight is 440 g/mol. The highest BCUT2D eigenvalue weighted by Gasteiger charge is 2.37. The van der Waals surface area contributed by atoms with Crippen LogP contribution in [0, 0.1) is 5.92 Å². The van der Waals surface area contributed by atoms with Gasteiger partial charge < -0.3 is 4.90 Å². The minimum Gasteiger partial charge on any atom is -0.322 e. The average Bonchev–Trinajstić information content (AvgIpc) is 3.13. The Kier molecular flexibility index (Phi) is 6.56. The molecule has 162 valence electrons. The van der Waals surface area contributed by atoms with E-state index in [1.54, 1.807) is 35.2 Å². The van der Waals surface area contributed by atoms with Crippen LogP contribution in [0.15, 0.2) is 48.5 Å². The number of benzene rings is 2. The smallest absolute Gasteiger partial charge is 0.269 e. The maximum Gasteiger partial charge on any atom is 0.269 e. The topological polar surface area (TPSA) is 78.5 Å². The Morgan fingerprint density at radius 3 is 2.42 bits per heavy atom. The molecule has 0 spiro atoms. The van der Waals surface area contributed by atoms with Crippen molar-refractivity contribution in [2.24, 2.45) is 5.92 Å². The zero-order valence-corrected chi connectivity index (χ0v) is 18.0. The van der Waals surface area contributed by atoms with E-state index in [1.165, 1.54) is 6.42 Å². The van der Waals surface area contributed by atoms with E-state index in [1.807, 2.05) is 18.2 Å². The van der Waals surface area contributed by atoms with Crippen LogP contribution in [0.2, 0.25) is 5.02 Å². The van der Waals surface area contributed by atoms with E-state index in [0.717, 1.165) is 31.2 Å². The van der Waals surface area contributed by atoms with Gasteiger partial charge in [-0.15, -0.1) is 0 Å². The molecule has 3 amide bonds. The molecule has 2 aromatic carbocycles. The lowest BCUT2D eigenvalue weighted by molar-refractivity contribution is -0.127. The lowest BCUT2D eigenvalue weighted by Crippen LogP contribution is -2.53. The number of hydrogen-bond donors (Lipinski definition) is 2. The predicted octanol–water partition coefficient (Wildman–Crippen LogP) is 4.10. The molecule has 0 radical (unpaired) electrons. The highest BCUT2D eigenvalue weighted by atomic mass is 35.5. The van der Waals surface area contributed by atoms with Gasteiger partial charge in [0.1, 0.15) is 6.04 Å². The first-order valence-corrected chi connectivity index (χ1v) is 11.2. The molecule has 1 aliphatic carbocycles. The molecule has 2 N–H and O–H groups in total. The van der Waals surface area contributed by atoms with E-state index in [0.29, 0.717) is 35.0 Å². The highest BCUT2D eigenvalue weighted by Crippen LogP contribution is 2.32. The first-order chi connectivity index (χ1) is 15.0. The van der Waals surface area contributed by atoms with Crippen LogP contribution in [-0.4, -0.2) is 28.7 Å². The summed E-state index contributed by atoms with van der Waals surface area (Å²) in [6, 6.07) is 13.2. The maximum atomic E-state index is 13.1. The standard InChI is InChI=1S/C24H26ClN3O3/c25-19-12-10-17(11-13-19)22(29)26-27-23(30)21(14-16-6-2-1-3-7-16)28-15-18-8-4-5-9-20(18)24(28)31/h4-5,8-13,16,21H,1-3,6-7,14-15H2,(H,26,29)(H,27,30)/t21-/m0/s1. The van der Waals surface area contributed by atoms with Gasteiger partial charge in [-0.3, -0.25) is 25.2 Å². The van der Waals surface area contributed by atoms with Crippen molar-refractivity contribution in [1.29, 1.82) is 0 Å². The van der Waals surface area contributed by atoms with E-state index in [2.05, 4.69) is 10.9 Å². The van der Waals surface area contributed by atoms with Gasteiger partial charge in [0.05, 0.1) is 0 Å². The van der Waals surface area contributed by atoms with Gasteiger partial charge in [-0.1, -0.05) is 61.9 Å². The lowest BCUT2D eigenvalue weighted by atomic mass is 9.84. The number of hydrogen-bond acceptors (Lipinski definition) is 3. The second-order valence-electron chi connectivity index (χ2n) is 8.30. The summed E-state index contributed by atoms with van der Waals surface area (Å²) in [7, 11) is 0. The van der Waals surface area contributed by atoms with Crippen LogP contribution in [0.25, 0.3) is 0 Å². The van der Waals surface area contributed by atoms with Crippen molar-refractivity contribution in [3.8, 4) is 0 Å². The summed E-state index contributed by atoms with van der Waals surface area (Å²) >= 11 is 5.86. The van der Waals surface area contributed by atoms with Crippen LogP contribution >= 0.6 is 11.6 Å². The fourth-order valence-corrected chi connectivity index (χ4v) is 4.64. The largest absolute Gasteiger partial charge is 0.322 e. The van der Waals surface area contributed by atoms with E-state index < -0.39 is 11.9 Å². The van der Waals surface area contributed by atoms with Crippen molar-refractivity contribution in [2.45, 2.75) is 51.1 Å². The van der Waals surface area contributed by atoms with Gasteiger partial charge >= 0.3 is 0 Å². The monoisotopic (exact) mass is 439 g/mol. The Morgan fingerprint density at radius 1 is 1.00 bits per heavy atom. The van der Waals surface area contributed by atoms with Crippen LogP contribution in [-0.2, 0) is 11.3 Å². The number of rotatable bonds is 5. The number of carbonyl (C=O) groups excluding carboxylic acids is 3. The molecule has 0 aromatic heterocycles. The van der Waals surface area contributed by atoms with Crippen LogP contribution in [0.3, 0.4) is 0 Å². The van der Waals surface area contributed by atoms with Crippen molar-refractivity contribution in [3.05, 3.63) is 70.2 Å². The van der Waals surface area contributed by atoms with Crippen LogP contribution in [0.4, 0.5) is 0 Å². The molecule has 1 aliphatic heterocycles. The number of carbonyl (C=O) groups is 3. The van der Waals surface area contributed by atoms with Crippen LogP contribution < -0.4 is 10.9 Å². The molecule has 0 bridgehead atoms. The van der Waals surface area contributed by atoms with Gasteiger partial charge in [-0.2, -0.15) is 0 Å². The molecule has 0 saturated heterocycles. The number of nitrogens with zero attached hydrogens (tertiary/aromatic N) is 1. The van der Waals surface area contributed by atoms with Crippen LogP contribution in [0.1, 0.15) is 64.8 Å². The van der Waals surface area contributed by atoms with Crippen molar-refractivity contribution in [3.63, 3.8) is 0 Å². The van der Waals surface area contributed by atoms with E-state index in [-0.39, 0.29) is 11.8 Å². The summed E-state index contributed by atoms with van der Waals surface area (Å²) in [4.78, 5) is 40.2. The molecule has 1 saturated carbocycles. The second kappa shape index (κ2) is 9.52. The summed E-state index contributed by atoms with van der Waals surface area (Å²) in [5, 5.41) is 0.528. The molecular formula is C24H26ClN3O3. The van der Waals surface area contributed by atoms with Crippen molar-refractivity contribution < 1.29 is 14.4 Å². The number of hydrazine groups is 1. The molecule has 1 heterocycles. The third kappa shape index (κ3) is 4.90. The Bertz CT molecular complexity index is 970. The van der Waals surface area contributed by atoms with Crippen LogP contribution in [0.5, 0.6) is 0 Å². The fraction of sp³-hybridized carbons (Fsp3) is 0.375. The van der Waals surface area contributed by atoms with Gasteiger partial charge in [-0.25, -0.2) is 0 Å². The Balaban J connectivity index is 1.47. The quantitative estimate of drug-likeness (QED) is 0.688. The SMILES string of the molecule is O=C(NNC(=O)[C@H](CC1CCCCC1)N1Cc2ccccc2C1=O)c1ccc(Cl)cc1. The Morgan fingerprint density at radius 2 is 1.71 bits per heavy atom. The van der Waals surface area contributed by atoms with E-state index in [9.17, 15) is 14.4 Å². The molecule has 6 nitrogen and oxygen atoms in total. The fourth-order valence-electron chi connectivity index (χ4n) is 4.52. The van der Waals surface area contributed by atoms with Gasteiger partial charge in [0.15, 0.2) is 0 Å². The summed E-state index contributed by atoms with van der Waals surface area (Å²) < 4.78 is 0. The first kappa shape index (κ1) is 21.4. The summed E-state index contributed by atoms with van der Waals surface area (Å²) in [5.74, 6) is -0.532. The lowest BCUT2D eigenvalue weighted by Gasteiger charge is -2.31. The zero-order chi connectivity index (χ0) is 21.8. The number of fused-ring (bicyclic) bond motifs is 1. The normalized spacial score (nSPS) is 17.2. The molecule has 4 rings (SSSR count). The molecule has 1 atom stereocenters. The zero-order valence-electron chi connectivity index (χ0n) is 17.3. The highest BCUT2D eigenvalue weighted by molar-refractivity contribution is 6.30.